The second-order valence-electron chi connectivity index (χ2n) is 5.21. The van der Waals surface area contributed by atoms with Gasteiger partial charge in [-0.25, -0.2) is 0 Å². The lowest BCUT2D eigenvalue weighted by Crippen LogP contribution is -2.37. The zero-order valence-corrected chi connectivity index (χ0v) is 12.4. The summed E-state index contributed by atoms with van der Waals surface area (Å²) >= 11 is 0. The predicted molar refractivity (Wildman–Crippen MR) is 91.9 cm³/mol. The summed E-state index contributed by atoms with van der Waals surface area (Å²) in [6.45, 7) is 0.533. The van der Waals surface area contributed by atoms with E-state index in [1.54, 1.807) is 0 Å². The van der Waals surface area contributed by atoms with Gasteiger partial charge < -0.3 is 11.2 Å². The Kier molecular flexibility index (Phi) is 5.10. The Balaban J connectivity index is 0.00000176. The molecule has 0 aliphatic rings. The summed E-state index contributed by atoms with van der Waals surface area (Å²) < 4.78 is 0. The lowest BCUT2D eigenvalue weighted by Gasteiger charge is -2.34. The normalized spacial score (nSPS) is 10.8. The average molecular weight is 291 g/mol. The Bertz CT molecular complexity index is 584. The molecule has 0 radical (unpaired) electrons. The van der Waals surface area contributed by atoms with Gasteiger partial charge >= 0.3 is 0 Å². The minimum Gasteiger partial charge on any atom is -0.412 e. The standard InChI is InChI=1S/C20H19N.H2O/c21-16-20(17-10-4-1-5-11-17,18-12-6-2-7-13-18)19-14-8-3-9-15-19;/h1-15H,16,21H2;1H2. The molecule has 0 fully saturated rings. The smallest absolute Gasteiger partial charge is 0.0573 e. The molecule has 0 saturated carbocycles. The summed E-state index contributed by atoms with van der Waals surface area (Å²) in [5.41, 5.74) is 9.68. The van der Waals surface area contributed by atoms with Crippen molar-refractivity contribution in [2.24, 2.45) is 5.73 Å². The van der Waals surface area contributed by atoms with Crippen molar-refractivity contribution in [2.45, 2.75) is 5.41 Å². The highest BCUT2D eigenvalue weighted by atomic mass is 16.0. The topological polar surface area (TPSA) is 57.5 Å². The van der Waals surface area contributed by atoms with E-state index in [0.29, 0.717) is 6.54 Å². The Hall–Kier alpha value is -2.42. The fraction of sp³-hybridized carbons (Fsp3) is 0.100. The van der Waals surface area contributed by atoms with Crippen LogP contribution in [0, 0.1) is 0 Å². The van der Waals surface area contributed by atoms with Crippen molar-refractivity contribution in [1.29, 1.82) is 0 Å². The molecular formula is C20H21NO. The van der Waals surface area contributed by atoms with Gasteiger partial charge in [0.15, 0.2) is 0 Å². The molecule has 3 aromatic rings. The summed E-state index contributed by atoms with van der Waals surface area (Å²) in [4.78, 5) is 0. The van der Waals surface area contributed by atoms with E-state index in [0.717, 1.165) is 0 Å². The second-order valence-corrected chi connectivity index (χ2v) is 5.21. The first-order chi connectivity index (χ1) is 10.4. The van der Waals surface area contributed by atoms with Gasteiger partial charge in [0.25, 0.3) is 0 Å². The molecule has 0 heterocycles. The van der Waals surface area contributed by atoms with Gasteiger partial charge in [0, 0.05) is 6.54 Å². The third-order valence-electron chi connectivity index (χ3n) is 4.11. The molecule has 22 heavy (non-hydrogen) atoms. The van der Waals surface area contributed by atoms with Crippen LogP contribution in [0.3, 0.4) is 0 Å². The largest absolute Gasteiger partial charge is 0.412 e. The SMILES string of the molecule is NCC(c1ccccc1)(c1ccccc1)c1ccccc1.O. The summed E-state index contributed by atoms with van der Waals surface area (Å²) in [6, 6.07) is 31.5. The van der Waals surface area contributed by atoms with Crippen LogP contribution in [0.4, 0.5) is 0 Å². The Morgan fingerprint density at radius 3 is 1.05 bits per heavy atom. The van der Waals surface area contributed by atoms with Gasteiger partial charge in [0.05, 0.1) is 5.41 Å². The monoisotopic (exact) mass is 291 g/mol. The number of hydrogen-bond acceptors (Lipinski definition) is 1. The number of rotatable bonds is 4. The van der Waals surface area contributed by atoms with Crippen molar-refractivity contribution in [1.82, 2.24) is 0 Å². The lowest BCUT2D eigenvalue weighted by atomic mass is 9.69. The van der Waals surface area contributed by atoms with Crippen molar-refractivity contribution in [3.63, 3.8) is 0 Å². The van der Waals surface area contributed by atoms with Gasteiger partial charge in [-0.2, -0.15) is 0 Å². The maximum Gasteiger partial charge on any atom is 0.0573 e. The Morgan fingerprint density at radius 1 is 0.545 bits per heavy atom. The van der Waals surface area contributed by atoms with Crippen LogP contribution in [0.2, 0.25) is 0 Å². The number of benzene rings is 3. The van der Waals surface area contributed by atoms with E-state index in [4.69, 9.17) is 5.73 Å². The first kappa shape index (κ1) is 16.0. The van der Waals surface area contributed by atoms with Crippen LogP contribution in [0.5, 0.6) is 0 Å². The van der Waals surface area contributed by atoms with E-state index in [2.05, 4.69) is 72.8 Å². The second kappa shape index (κ2) is 7.03. The zero-order chi connectivity index (χ0) is 14.5. The van der Waals surface area contributed by atoms with Crippen molar-refractivity contribution >= 4 is 0 Å². The van der Waals surface area contributed by atoms with Gasteiger partial charge in [-0.15, -0.1) is 0 Å². The number of nitrogens with two attached hydrogens (primary N) is 1. The first-order valence-corrected chi connectivity index (χ1v) is 7.24. The van der Waals surface area contributed by atoms with Crippen LogP contribution in [-0.2, 0) is 5.41 Å². The molecule has 3 aromatic carbocycles. The van der Waals surface area contributed by atoms with Crippen LogP contribution in [0.25, 0.3) is 0 Å². The molecule has 0 aliphatic heterocycles. The molecule has 0 amide bonds. The third kappa shape index (κ3) is 2.67. The van der Waals surface area contributed by atoms with E-state index in [1.807, 2.05) is 18.2 Å². The molecule has 2 heteroatoms. The summed E-state index contributed by atoms with van der Waals surface area (Å²) in [5.74, 6) is 0. The van der Waals surface area contributed by atoms with E-state index in [-0.39, 0.29) is 10.9 Å². The Labute approximate surface area is 131 Å². The van der Waals surface area contributed by atoms with Crippen molar-refractivity contribution in [3.05, 3.63) is 108 Å². The van der Waals surface area contributed by atoms with Crippen LogP contribution in [0.1, 0.15) is 16.7 Å². The van der Waals surface area contributed by atoms with Crippen LogP contribution < -0.4 is 5.73 Å². The maximum atomic E-state index is 6.30. The van der Waals surface area contributed by atoms with Crippen LogP contribution in [-0.4, -0.2) is 12.0 Å². The molecule has 0 saturated heterocycles. The highest BCUT2D eigenvalue weighted by Gasteiger charge is 2.34. The fourth-order valence-electron chi connectivity index (χ4n) is 3.02. The van der Waals surface area contributed by atoms with Gasteiger partial charge in [-0.05, 0) is 16.7 Å². The molecule has 4 N–H and O–H groups in total. The first-order valence-electron chi connectivity index (χ1n) is 7.24. The summed E-state index contributed by atoms with van der Waals surface area (Å²) in [5, 5.41) is 0. The minimum absolute atomic E-state index is 0. The van der Waals surface area contributed by atoms with Crippen molar-refractivity contribution < 1.29 is 5.48 Å². The molecule has 0 unspecified atom stereocenters. The Morgan fingerprint density at radius 2 is 0.818 bits per heavy atom. The number of hydrogen-bond donors (Lipinski definition) is 1. The van der Waals surface area contributed by atoms with Gasteiger partial charge in [0.2, 0.25) is 0 Å². The van der Waals surface area contributed by atoms with Crippen LogP contribution in [0.15, 0.2) is 91.0 Å². The maximum absolute atomic E-state index is 6.30. The zero-order valence-electron chi connectivity index (χ0n) is 12.4. The van der Waals surface area contributed by atoms with E-state index >= 15 is 0 Å². The highest BCUT2D eigenvalue weighted by Crippen LogP contribution is 2.37. The molecule has 0 atom stereocenters. The fourth-order valence-corrected chi connectivity index (χ4v) is 3.02. The summed E-state index contributed by atoms with van der Waals surface area (Å²) in [7, 11) is 0. The molecule has 2 nitrogen and oxygen atoms in total. The molecule has 0 spiro atoms. The van der Waals surface area contributed by atoms with E-state index in [9.17, 15) is 0 Å². The van der Waals surface area contributed by atoms with Crippen molar-refractivity contribution in [3.8, 4) is 0 Å². The summed E-state index contributed by atoms with van der Waals surface area (Å²) in [6.07, 6.45) is 0. The quantitative estimate of drug-likeness (QED) is 0.738. The van der Waals surface area contributed by atoms with Gasteiger partial charge in [-0.1, -0.05) is 91.0 Å². The highest BCUT2D eigenvalue weighted by molar-refractivity contribution is 5.50. The molecule has 0 bridgehead atoms. The molecule has 0 aromatic heterocycles. The lowest BCUT2D eigenvalue weighted by molar-refractivity contribution is 0.629. The van der Waals surface area contributed by atoms with Crippen LogP contribution >= 0.6 is 0 Å². The third-order valence-corrected chi connectivity index (χ3v) is 4.11. The van der Waals surface area contributed by atoms with Gasteiger partial charge in [-0.3, -0.25) is 0 Å². The molecule has 0 aliphatic carbocycles. The average Bonchev–Trinajstić information content (AvgIpc) is 2.59. The van der Waals surface area contributed by atoms with Crippen molar-refractivity contribution in [2.75, 3.05) is 6.54 Å². The van der Waals surface area contributed by atoms with Gasteiger partial charge in [0.1, 0.15) is 0 Å². The van der Waals surface area contributed by atoms with E-state index < -0.39 is 0 Å². The molecule has 112 valence electrons. The predicted octanol–water partition coefficient (Wildman–Crippen LogP) is 3.16. The molecule has 3 rings (SSSR count). The minimum atomic E-state index is -0.302. The molecular weight excluding hydrogens is 270 g/mol. The van der Waals surface area contributed by atoms with E-state index in [1.165, 1.54) is 16.7 Å².